The standard InChI is InChI=1S/C18H18O2/c1-13-10-14(2)12-17(11-13)16-8-6-15(7-9-16)4-3-5-18(19)20/h3-4,6-12H,5H2,1-2H3,(H,19,20)/b4-3+. The maximum Gasteiger partial charge on any atom is 0.307 e. The molecule has 0 radical (unpaired) electrons. The molecule has 0 spiro atoms. The molecule has 0 heterocycles. The first-order chi connectivity index (χ1) is 9.54. The molecule has 0 aliphatic heterocycles. The minimum Gasteiger partial charge on any atom is -0.481 e. The van der Waals surface area contributed by atoms with Gasteiger partial charge in [-0.1, -0.05) is 65.7 Å². The van der Waals surface area contributed by atoms with E-state index in [1.165, 1.54) is 22.3 Å². The highest BCUT2D eigenvalue weighted by Gasteiger charge is 1.99. The van der Waals surface area contributed by atoms with E-state index in [-0.39, 0.29) is 6.42 Å². The second-order valence-corrected chi connectivity index (χ2v) is 5.00. The van der Waals surface area contributed by atoms with Crippen molar-refractivity contribution in [3.05, 3.63) is 65.2 Å². The van der Waals surface area contributed by atoms with E-state index in [9.17, 15) is 4.79 Å². The minimum absolute atomic E-state index is 0.0544. The van der Waals surface area contributed by atoms with Gasteiger partial charge in [-0.3, -0.25) is 4.79 Å². The Bertz CT molecular complexity index is 617. The van der Waals surface area contributed by atoms with Crippen LogP contribution in [0.4, 0.5) is 0 Å². The summed E-state index contributed by atoms with van der Waals surface area (Å²) in [7, 11) is 0. The van der Waals surface area contributed by atoms with Crippen LogP contribution in [0, 0.1) is 13.8 Å². The van der Waals surface area contributed by atoms with Gasteiger partial charge in [-0.15, -0.1) is 0 Å². The third-order valence-corrected chi connectivity index (χ3v) is 3.07. The number of carboxylic acid groups (broad SMARTS) is 1. The van der Waals surface area contributed by atoms with Crippen LogP contribution >= 0.6 is 0 Å². The van der Waals surface area contributed by atoms with Gasteiger partial charge in [0.1, 0.15) is 0 Å². The molecule has 2 rings (SSSR count). The number of aliphatic carboxylic acids is 1. The van der Waals surface area contributed by atoms with Gasteiger partial charge in [0.2, 0.25) is 0 Å². The quantitative estimate of drug-likeness (QED) is 0.887. The molecule has 0 atom stereocenters. The zero-order chi connectivity index (χ0) is 14.5. The van der Waals surface area contributed by atoms with Crippen LogP contribution in [-0.2, 0) is 4.79 Å². The van der Waals surface area contributed by atoms with Gasteiger partial charge in [-0.2, -0.15) is 0 Å². The first-order valence-corrected chi connectivity index (χ1v) is 6.61. The molecule has 2 nitrogen and oxygen atoms in total. The summed E-state index contributed by atoms with van der Waals surface area (Å²) in [5.74, 6) is -0.812. The lowest BCUT2D eigenvalue weighted by Gasteiger charge is -2.05. The highest BCUT2D eigenvalue weighted by Crippen LogP contribution is 2.22. The Hall–Kier alpha value is -2.35. The van der Waals surface area contributed by atoms with Gasteiger partial charge in [0.15, 0.2) is 0 Å². The van der Waals surface area contributed by atoms with Crippen molar-refractivity contribution in [2.24, 2.45) is 0 Å². The van der Waals surface area contributed by atoms with Gasteiger partial charge in [0, 0.05) is 0 Å². The number of aryl methyl sites for hydroxylation is 2. The average Bonchev–Trinajstić information content (AvgIpc) is 2.38. The van der Waals surface area contributed by atoms with Crippen LogP contribution in [0.5, 0.6) is 0 Å². The van der Waals surface area contributed by atoms with Crippen LogP contribution in [0.25, 0.3) is 17.2 Å². The third kappa shape index (κ3) is 3.82. The van der Waals surface area contributed by atoms with Crippen molar-refractivity contribution in [1.82, 2.24) is 0 Å². The Balaban J connectivity index is 2.19. The van der Waals surface area contributed by atoms with E-state index < -0.39 is 5.97 Å². The fourth-order valence-corrected chi connectivity index (χ4v) is 2.22. The molecule has 2 aromatic rings. The second-order valence-electron chi connectivity index (χ2n) is 5.00. The summed E-state index contributed by atoms with van der Waals surface area (Å²) in [4.78, 5) is 10.4. The number of benzene rings is 2. The third-order valence-electron chi connectivity index (χ3n) is 3.07. The molecule has 1 N–H and O–H groups in total. The Morgan fingerprint density at radius 2 is 1.60 bits per heavy atom. The fraction of sp³-hybridized carbons (Fsp3) is 0.167. The van der Waals surface area contributed by atoms with Crippen LogP contribution in [0.3, 0.4) is 0 Å². The van der Waals surface area contributed by atoms with E-state index in [4.69, 9.17) is 5.11 Å². The van der Waals surface area contributed by atoms with Crippen LogP contribution in [-0.4, -0.2) is 11.1 Å². The van der Waals surface area contributed by atoms with E-state index in [1.807, 2.05) is 18.2 Å². The molecular weight excluding hydrogens is 248 g/mol. The topological polar surface area (TPSA) is 37.3 Å². The molecule has 0 aliphatic carbocycles. The summed E-state index contributed by atoms with van der Waals surface area (Å²) in [6, 6.07) is 14.6. The van der Waals surface area contributed by atoms with Gasteiger partial charge < -0.3 is 5.11 Å². The summed E-state index contributed by atoms with van der Waals surface area (Å²) in [5, 5.41) is 8.58. The van der Waals surface area contributed by atoms with Gasteiger partial charge >= 0.3 is 5.97 Å². The zero-order valence-electron chi connectivity index (χ0n) is 11.8. The van der Waals surface area contributed by atoms with Gasteiger partial charge in [-0.05, 0) is 30.5 Å². The first-order valence-electron chi connectivity index (χ1n) is 6.61. The van der Waals surface area contributed by atoms with Crippen molar-refractivity contribution in [2.45, 2.75) is 20.3 Å². The van der Waals surface area contributed by atoms with E-state index in [1.54, 1.807) is 6.08 Å². The molecule has 102 valence electrons. The first kappa shape index (κ1) is 14.1. The SMILES string of the molecule is Cc1cc(C)cc(-c2ccc(/C=C/CC(=O)O)cc2)c1. The van der Waals surface area contributed by atoms with Gasteiger partial charge in [0.05, 0.1) is 6.42 Å². The van der Waals surface area contributed by atoms with Crippen molar-refractivity contribution in [3.63, 3.8) is 0 Å². The van der Waals surface area contributed by atoms with E-state index >= 15 is 0 Å². The van der Waals surface area contributed by atoms with Crippen molar-refractivity contribution in [3.8, 4) is 11.1 Å². The number of carbonyl (C=O) groups is 1. The Labute approximate surface area is 119 Å². The number of carboxylic acids is 1. The van der Waals surface area contributed by atoms with Crippen molar-refractivity contribution >= 4 is 12.0 Å². The predicted molar refractivity (Wildman–Crippen MR) is 82.6 cm³/mol. The number of rotatable bonds is 4. The number of hydrogen-bond donors (Lipinski definition) is 1. The fourth-order valence-electron chi connectivity index (χ4n) is 2.22. The molecule has 20 heavy (non-hydrogen) atoms. The maximum atomic E-state index is 10.4. The van der Waals surface area contributed by atoms with E-state index in [0.29, 0.717) is 0 Å². The zero-order valence-corrected chi connectivity index (χ0v) is 11.8. The molecule has 0 unspecified atom stereocenters. The van der Waals surface area contributed by atoms with Crippen LogP contribution in [0.2, 0.25) is 0 Å². The predicted octanol–water partition coefficient (Wildman–Crippen LogP) is 4.46. The lowest BCUT2D eigenvalue weighted by atomic mass is 10.00. The molecule has 0 amide bonds. The molecule has 0 bridgehead atoms. The summed E-state index contributed by atoms with van der Waals surface area (Å²) >= 11 is 0. The molecule has 2 heteroatoms. The van der Waals surface area contributed by atoms with Crippen molar-refractivity contribution in [2.75, 3.05) is 0 Å². The molecule has 0 saturated heterocycles. The normalized spacial score (nSPS) is 10.9. The molecule has 0 aromatic heterocycles. The Morgan fingerprint density at radius 1 is 1.00 bits per heavy atom. The lowest BCUT2D eigenvalue weighted by Crippen LogP contribution is -1.89. The smallest absolute Gasteiger partial charge is 0.307 e. The Kier molecular flexibility index (Phi) is 4.36. The highest BCUT2D eigenvalue weighted by atomic mass is 16.4. The monoisotopic (exact) mass is 266 g/mol. The lowest BCUT2D eigenvalue weighted by molar-refractivity contribution is -0.135. The summed E-state index contributed by atoms with van der Waals surface area (Å²) in [6.45, 7) is 4.19. The summed E-state index contributed by atoms with van der Waals surface area (Å²) in [6.07, 6.45) is 3.55. The molecule has 0 fully saturated rings. The Morgan fingerprint density at radius 3 is 2.15 bits per heavy atom. The molecule has 0 saturated carbocycles. The van der Waals surface area contributed by atoms with Gasteiger partial charge in [0.25, 0.3) is 0 Å². The summed E-state index contributed by atoms with van der Waals surface area (Å²) in [5.41, 5.74) is 5.91. The van der Waals surface area contributed by atoms with E-state index in [2.05, 4.69) is 44.2 Å². The maximum absolute atomic E-state index is 10.4. The number of hydrogen-bond acceptors (Lipinski definition) is 1. The van der Waals surface area contributed by atoms with E-state index in [0.717, 1.165) is 5.56 Å². The molecule has 2 aromatic carbocycles. The van der Waals surface area contributed by atoms with Crippen LogP contribution in [0.1, 0.15) is 23.1 Å². The highest BCUT2D eigenvalue weighted by molar-refractivity contribution is 5.71. The largest absolute Gasteiger partial charge is 0.481 e. The molecular formula is C18H18O2. The van der Waals surface area contributed by atoms with Crippen molar-refractivity contribution in [1.29, 1.82) is 0 Å². The molecule has 0 aliphatic rings. The second kappa shape index (κ2) is 6.20. The van der Waals surface area contributed by atoms with Crippen molar-refractivity contribution < 1.29 is 9.90 Å². The van der Waals surface area contributed by atoms with Gasteiger partial charge in [-0.25, -0.2) is 0 Å². The minimum atomic E-state index is -0.812. The van der Waals surface area contributed by atoms with Crippen LogP contribution < -0.4 is 0 Å². The van der Waals surface area contributed by atoms with Crippen LogP contribution in [0.15, 0.2) is 48.5 Å². The summed E-state index contributed by atoms with van der Waals surface area (Å²) < 4.78 is 0. The average molecular weight is 266 g/mol.